The molecule has 0 aromatic heterocycles. The molecule has 48 valence electrons. The van der Waals surface area contributed by atoms with E-state index < -0.39 is 0 Å². The third kappa shape index (κ3) is 4.56. The number of carbonyl (C=O) groups excluding carboxylic acids is 1. The summed E-state index contributed by atoms with van der Waals surface area (Å²) in [4.78, 5) is 10.6. The van der Waals surface area contributed by atoms with Gasteiger partial charge in [0.25, 0.3) is 0 Å². The molecule has 8 heavy (non-hydrogen) atoms. The lowest BCUT2D eigenvalue weighted by Crippen LogP contribution is -1.96. The second-order valence-corrected chi connectivity index (χ2v) is 2.54. The van der Waals surface area contributed by atoms with Crippen LogP contribution in [0.1, 0.15) is 26.2 Å². The van der Waals surface area contributed by atoms with E-state index in [-0.39, 0.29) is 0 Å². The minimum atomic E-state index is 0.382. The van der Waals surface area contributed by atoms with Gasteiger partial charge in [0.1, 0.15) is 5.78 Å². The van der Waals surface area contributed by atoms with E-state index in [1.807, 2.05) is 0 Å². The molecule has 0 N–H and O–H groups in total. The minimum absolute atomic E-state index is 0.382. The topological polar surface area (TPSA) is 17.1 Å². The Hall–Kier alpha value is 0.400. The summed E-state index contributed by atoms with van der Waals surface area (Å²) in [7, 11) is 0. The van der Waals surface area contributed by atoms with E-state index in [1.165, 1.54) is 0 Å². The van der Waals surface area contributed by atoms with Gasteiger partial charge in [-0.1, -0.05) is 35.9 Å². The SMILES string of the molecule is CCCCC(=O)CI. The summed E-state index contributed by atoms with van der Waals surface area (Å²) in [5.41, 5.74) is 0. The summed E-state index contributed by atoms with van der Waals surface area (Å²) < 4.78 is 0.678. The van der Waals surface area contributed by atoms with Gasteiger partial charge in [0.2, 0.25) is 0 Å². The smallest absolute Gasteiger partial charge is 0.142 e. The Bertz CT molecular complexity index is 70.9. The van der Waals surface area contributed by atoms with Crippen molar-refractivity contribution in [3.05, 3.63) is 0 Å². The van der Waals surface area contributed by atoms with Crippen LogP contribution in [0.5, 0.6) is 0 Å². The van der Waals surface area contributed by atoms with Crippen LogP contribution in [0.2, 0.25) is 0 Å². The maximum atomic E-state index is 10.6. The summed E-state index contributed by atoms with van der Waals surface area (Å²) in [6.07, 6.45) is 2.96. The maximum Gasteiger partial charge on any atom is 0.142 e. The van der Waals surface area contributed by atoms with Crippen LogP contribution in [-0.4, -0.2) is 10.2 Å². The van der Waals surface area contributed by atoms with E-state index in [0.29, 0.717) is 10.2 Å². The van der Waals surface area contributed by atoms with Crippen LogP contribution in [0, 0.1) is 0 Å². The number of alkyl halides is 1. The zero-order chi connectivity index (χ0) is 6.41. The number of hydrogen-bond donors (Lipinski definition) is 0. The van der Waals surface area contributed by atoms with Gasteiger partial charge in [-0.15, -0.1) is 0 Å². The average Bonchev–Trinajstić information content (AvgIpc) is 1.83. The minimum Gasteiger partial charge on any atom is -0.299 e. The predicted octanol–water partition coefficient (Wildman–Crippen LogP) is 2.18. The van der Waals surface area contributed by atoms with Crippen molar-refractivity contribution in [2.45, 2.75) is 26.2 Å². The first-order valence-corrected chi connectivity index (χ1v) is 4.41. The van der Waals surface area contributed by atoms with E-state index in [9.17, 15) is 4.79 Å². The molecular weight excluding hydrogens is 215 g/mol. The molecule has 0 heterocycles. The van der Waals surface area contributed by atoms with E-state index in [1.54, 1.807) is 0 Å². The Morgan fingerprint density at radius 3 is 2.62 bits per heavy atom. The molecule has 1 nitrogen and oxygen atoms in total. The number of unbranched alkanes of at least 4 members (excludes halogenated alkanes) is 1. The van der Waals surface area contributed by atoms with E-state index in [0.717, 1.165) is 19.3 Å². The lowest BCUT2D eigenvalue weighted by atomic mass is 10.2. The quantitative estimate of drug-likeness (QED) is 0.530. The van der Waals surface area contributed by atoms with Crippen LogP contribution in [0.25, 0.3) is 0 Å². The molecule has 0 saturated carbocycles. The van der Waals surface area contributed by atoms with Crippen molar-refractivity contribution in [1.29, 1.82) is 0 Å². The molecule has 0 amide bonds. The van der Waals surface area contributed by atoms with Crippen molar-refractivity contribution in [1.82, 2.24) is 0 Å². The standard InChI is InChI=1S/C6H11IO/c1-2-3-4-6(8)5-7/h2-5H2,1H3. The van der Waals surface area contributed by atoms with Gasteiger partial charge in [0, 0.05) is 6.42 Å². The Morgan fingerprint density at radius 1 is 1.62 bits per heavy atom. The molecule has 0 aromatic rings. The number of hydrogen-bond acceptors (Lipinski definition) is 1. The second-order valence-electron chi connectivity index (χ2n) is 1.78. The highest BCUT2D eigenvalue weighted by Gasteiger charge is 1.94. The predicted molar refractivity (Wildman–Crippen MR) is 43.4 cm³/mol. The molecule has 0 aliphatic rings. The van der Waals surface area contributed by atoms with Gasteiger partial charge in [-0.3, -0.25) is 4.79 Å². The molecule has 0 rings (SSSR count). The van der Waals surface area contributed by atoms with E-state index in [4.69, 9.17) is 0 Å². The molecule has 0 unspecified atom stereocenters. The number of rotatable bonds is 4. The monoisotopic (exact) mass is 226 g/mol. The fourth-order valence-electron chi connectivity index (χ4n) is 0.441. The molecule has 0 spiro atoms. The molecule has 0 saturated heterocycles. The lowest BCUT2D eigenvalue weighted by Gasteiger charge is -1.90. The van der Waals surface area contributed by atoms with Gasteiger partial charge in [-0.05, 0) is 6.42 Å². The Balaban J connectivity index is 2.99. The molecule has 0 atom stereocenters. The normalized spacial score (nSPS) is 9.25. The molecule has 2 heteroatoms. The summed E-state index contributed by atoms with van der Waals surface area (Å²) in [6, 6.07) is 0. The molecule has 0 fully saturated rings. The summed E-state index contributed by atoms with van der Waals surface area (Å²) >= 11 is 2.10. The van der Waals surface area contributed by atoms with Crippen LogP contribution in [0.15, 0.2) is 0 Å². The number of Topliss-reactive ketones (excluding diaryl/α,β-unsaturated/α-hetero) is 1. The highest BCUT2D eigenvalue weighted by Crippen LogP contribution is 1.96. The second kappa shape index (κ2) is 5.54. The first-order chi connectivity index (χ1) is 3.81. The summed E-state index contributed by atoms with van der Waals surface area (Å²) in [6.45, 7) is 2.10. The van der Waals surface area contributed by atoms with Gasteiger partial charge in [-0.25, -0.2) is 0 Å². The fraction of sp³-hybridized carbons (Fsp3) is 0.833. The van der Waals surface area contributed by atoms with Crippen LogP contribution in [0.4, 0.5) is 0 Å². The molecule has 0 aliphatic carbocycles. The fourth-order valence-corrected chi connectivity index (χ4v) is 0.822. The first kappa shape index (κ1) is 8.40. The molecule has 0 radical (unpaired) electrons. The Morgan fingerprint density at radius 2 is 2.25 bits per heavy atom. The average molecular weight is 226 g/mol. The molecule has 0 aromatic carbocycles. The third-order valence-electron chi connectivity index (χ3n) is 0.958. The van der Waals surface area contributed by atoms with Crippen molar-refractivity contribution in [3.63, 3.8) is 0 Å². The highest BCUT2D eigenvalue weighted by molar-refractivity contribution is 14.1. The van der Waals surface area contributed by atoms with Crippen molar-refractivity contribution in [2.75, 3.05) is 4.43 Å². The van der Waals surface area contributed by atoms with Crippen LogP contribution >= 0.6 is 22.6 Å². The van der Waals surface area contributed by atoms with Crippen molar-refractivity contribution >= 4 is 28.4 Å². The lowest BCUT2D eigenvalue weighted by molar-refractivity contribution is -0.116. The number of halogens is 1. The molecular formula is C6H11IO. The number of carbonyl (C=O) groups is 1. The van der Waals surface area contributed by atoms with Gasteiger partial charge >= 0.3 is 0 Å². The molecule has 0 bridgehead atoms. The molecule has 0 aliphatic heterocycles. The Kier molecular flexibility index (Phi) is 5.81. The zero-order valence-electron chi connectivity index (χ0n) is 5.11. The van der Waals surface area contributed by atoms with Crippen LogP contribution < -0.4 is 0 Å². The third-order valence-corrected chi connectivity index (χ3v) is 1.81. The van der Waals surface area contributed by atoms with E-state index in [2.05, 4.69) is 29.5 Å². The van der Waals surface area contributed by atoms with Gasteiger partial charge in [0.05, 0.1) is 4.43 Å². The van der Waals surface area contributed by atoms with Gasteiger partial charge in [-0.2, -0.15) is 0 Å². The van der Waals surface area contributed by atoms with Gasteiger partial charge < -0.3 is 0 Å². The van der Waals surface area contributed by atoms with Gasteiger partial charge in [0.15, 0.2) is 0 Å². The Labute approximate surface area is 64.0 Å². The number of ketones is 1. The van der Waals surface area contributed by atoms with Crippen LogP contribution in [0.3, 0.4) is 0 Å². The van der Waals surface area contributed by atoms with Crippen molar-refractivity contribution in [3.8, 4) is 0 Å². The summed E-state index contributed by atoms with van der Waals surface area (Å²) in [5.74, 6) is 0.382. The summed E-state index contributed by atoms with van der Waals surface area (Å²) in [5, 5.41) is 0. The van der Waals surface area contributed by atoms with E-state index >= 15 is 0 Å². The maximum absolute atomic E-state index is 10.6. The van der Waals surface area contributed by atoms with Crippen molar-refractivity contribution in [2.24, 2.45) is 0 Å². The zero-order valence-corrected chi connectivity index (χ0v) is 7.27. The van der Waals surface area contributed by atoms with Crippen molar-refractivity contribution < 1.29 is 4.79 Å². The van der Waals surface area contributed by atoms with Crippen LogP contribution in [-0.2, 0) is 4.79 Å². The largest absolute Gasteiger partial charge is 0.299 e. The first-order valence-electron chi connectivity index (χ1n) is 2.89. The highest BCUT2D eigenvalue weighted by atomic mass is 127.